The highest BCUT2D eigenvalue weighted by atomic mass is 16.5. The number of hydrogen-bond acceptors (Lipinski definition) is 6. The molecule has 0 unspecified atom stereocenters. The molecule has 4 atom stereocenters. The van der Waals surface area contributed by atoms with Crippen molar-refractivity contribution in [3.63, 3.8) is 0 Å². The van der Waals surface area contributed by atoms with E-state index in [2.05, 4.69) is 11.3 Å². The van der Waals surface area contributed by atoms with Crippen molar-refractivity contribution in [3.8, 4) is 0 Å². The standard InChI is InChI=1S/C11H18O6/c1-3-4-17-8-6-11(15,10(14)16-2)5-7(12)9(8)13/h3,7-9,12-13,15H,1,4-6H2,2H3/t7-,8-,9+,11-/m1/s1. The molecule has 1 saturated carbocycles. The molecule has 0 aromatic heterocycles. The first-order chi connectivity index (χ1) is 7.94. The van der Waals surface area contributed by atoms with Crippen molar-refractivity contribution < 1.29 is 29.6 Å². The third-order valence-corrected chi connectivity index (χ3v) is 2.85. The van der Waals surface area contributed by atoms with Crippen LogP contribution in [0.1, 0.15) is 12.8 Å². The molecule has 0 amide bonds. The van der Waals surface area contributed by atoms with Crippen LogP contribution < -0.4 is 0 Å². The summed E-state index contributed by atoms with van der Waals surface area (Å²) in [7, 11) is 1.15. The number of carbonyl (C=O) groups excluding carboxylic acids is 1. The van der Waals surface area contributed by atoms with Crippen molar-refractivity contribution in [2.24, 2.45) is 0 Å². The van der Waals surface area contributed by atoms with Crippen molar-refractivity contribution in [1.82, 2.24) is 0 Å². The molecule has 1 aliphatic rings. The van der Waals surface area contributed by atoms with Gasteiger partial charge in [0, 0.05) is 12.8 Å². The van der Waals surface area contributed by atoms with Gasteiger partial charge in [0.25, 0.3) is 0 Å². The molecule has 0 bridgehead atoms. The van der Waals surface area contributed by atoms with Gasteiger partial charge in [0.2, 0.25) is 0 Å². The van der Waals surface area contributed by atoms with Crippen molar-refractivity contribution >= 4 is 5.97 Å². The van der Waals surface area contributed by atoms with Gasteiger partial charge in [0.05, 0.1) is 25.9 Å². The molecule has 98 valence electrons. The number of methoxy groups -OCH3 is 1. The Kier molecular flexibility index (Phi) is 4.64. The van der Waals surface area contributed by atoms with Crippen LogP contribution in [-0.2, 0) is 14.3 Å². The summed E-state index contributed by atoms with van der Waals surface area (Å²) in [4.78, 5) is 11.4. The molecule has 1 aliphatic carbocycles. The molecule has 6 nitrogen and oxygen atoms in total. The van der Waals surface area contributed by atoms with Crippen molar-refractivity contribution in [2.75, 3.05) is 13.7 Å². The molecule has 0 radical (unpaired) electrons. The lowest BCUT2D eigenvalue weighted by Crippen LogP contribution is -2.57. The zero-order valence-corrected chi connectivity index (χ0v) is 9.70. The van der Waals surface area contributed by atoms with E-state index in [-0.39, 0.29) is 19.4 Å². The maximum Gasteiger partial charge on any atom is 0.338 e. The first-order valence-corrected chi connectivity index (χ1v) is 5.34. The summed E-state index contributed by atoms with van der Waals surface area (Å²) in [5.74, 6) is -0.837. The second-order valence-corrected chi connectivity index (χ2v) is 4.15. The van der Waals surface area contributed by atoms with Gasteiger partial charge < -0.3 is 24.8 Å². The maximum atomic E-state index is 11.4. The van der Waals surface area contributed by atoms with E-state index < -0.39 is 29.9 Å². The van der Waals surface area contributed by atoms with Gasteiger partial charge in [0.1, 0.15) is 6.10 Å². The highest BCUT2D eigenvalue weighted by Gasteiger charge is 2.49. The minimum absolute atomic E-state index is 0.119. The van der Waals surface area contributed by atoms with Gasteiger partial charge in [-0.15, -0.1) is 6.58 Å². The Balaban J connectivity index is 2.78. The fraction of sp³-hybridized carbons (Fsp3) is 0.727. The van der Waals surface area contributed by atoms with Crippen LogP contribution in [0.5, 0.6) is 0 Å². The van der Waals surface area contributed by atoms with Crippen LogP contribution in [-0.4, -0.2) is 58.9 Å². The molecule has 3 N–H and O–H groups in total. The fourth-order valence-electron chi connectivity index (χ4n) is 1.96. The van der Waals surface area contributed by atoms with Crippen LogP contribution >= 0.6 is 0 Å². The Morgan fingerprint density at radius 1 is 1.53 bits per heavy atom. The third kappa shape index (κ3) is 3.04. The smallest absolute Gasteiger partial charge is 0.338 e. The minimum Gasteiger partial charge on any atom is -0.467 e. The lowest BCUT2D eigenvalue weighted by Gasteiger charge is -2.40. The summed E-state index contributed by atoms with van der Waals surface area (Å²) < 4.78 is 9.68. The monoisotopic (exact) mass is 246 g/mol. The average Bonchev–Trinajstić information content (AvgIpc) is 2.31. The van der Waals surface area contributed by atoms with Crippen molar-refractivity contribution in [2.45, 2.75) is 36.8 Å². The summed E-state index contributed by atoms with van der Waals surface area (Å²) in [6, 6.07) is 0. The predicted molar refractivity (Wildman–Crippen MR) is 58.2 cm³/mol. The molecule has 0 saturated heterocycles. The van der Waals surface area contributed by atoms with Gasteiger partial charge in [-0.3, -0.25) is 0 Å². The molecule has 17 heavy (non-hydrogen) atoms. The predicted octanol–water partition coefficient (Wildman–Crippen LogP) is -1.02. The number of aliphatic hydroxyl groups excluding tert-OH is 2. The molecule has 6 heteroatoms. The number of carbonyl (C=O) groups is 1. The summed E-state index contributed by atoms with van der Waals surface area (Å²) in [5, 5.41) is 29.3. The lowest BCUT2D eigenvalue weighted by atomic mass is 9.79. The highest BCUT2D eigenvalue weighted by molar-refractivity contribution is 5.79. The van der Waals surface area contributed by atoms with Crippen LogP contribution in [0.2, 0.25) is 0 Å². The van der Waals surface area contributed by atoms with E-state index in [0.717, 1.165) is 7.11 Å². The first kappa shape index (κ1) is 14.1. The van der Waals surface area contributed by atoms with Gasteiger partial charge in [-0.05, 0) is 0 Å². The van der Waals surface area contributed by atoms with E-state index >= 15 is 0 Å². The molecule has 0 heterocycles. The molecular formula is C11H18O6. The van der Waals surface area contributed by atoms with Gasteiger partial charge in [-0.2, -0.15) is 0 Å². The molecular weight excluding hydrogens is 228 g/mol. The zero-order chi connectivity index (χ0) is 13.1. The normalized spacial score (nSPS) is 37.5. The fourth-order valence-corrected chi connectivity index (χ4v) is 1.96. The SMILES string of the molecule is C=CCO[C@@H]1C[C@@](O)(C(=O)OC)C[C@@H](O)[C@@H]1O. The Morgan fingerprint density at radius 2 is 2.18 bits per heavy atom. The third-order valence-electron chi connectivity index (χ3n) is 2.85. The van der Waals surface area contributed by atoms with Crippen molar-refractivity contribution in [1.29, 1.82) is 0 Å². The lowest BCUT2D eigenvalue weighted by molar-refractivity contribution is -0.195. The highest BCUT2D eigenvalue weighted by Crippen LogP contribution is 2.31. The molecule has 0 aromatic rings. The topological polar surface area (TPSA) is 96.2 Å². The van der Waals surface area contributed by atoms with Crippen LogP contribution in [0.25, 0.3) is 0 Å². The van der Waals surface area contributed by atoms with E-state index in [0.29, 0.717) is 0 Å². The average molecular weight is 246 g/mol. The minimum atomic E-state index is -1.82. The van der Waals surface area contributed by atoms with E-state index in [1.807, 2.05) is 0 Å². The van der Waals surface area contributed by atoms with Gasteiger partial charge in [-0.1, -0.05) is 6.08 Å². The number of hydrogen-bond donors (Lipinski definition) is 3. The number of rotatable bonds is 4. The Morgan fingerprint density at radius 3 is 2.71 bits per heavy atom. The number of ether oxygens (including phenoxy) is 2. The Labute approximate surface area is 99.5 Å². The quantitative estimate of drug-likeness (QED) is 0.434. The summed E-state index contributed by atoms with van der Waals surface area (Å²) >= 11 is 0. The number of esters is 1. The van der Waals surface area contributed by atoms with Gasteiger partial charge in [-0.25, -0.2) is 4.79 Å². The molecule has 1 rings (SSSR count). The van der Waals surface area contributed by atoms with E-state index in [1.54, 1.807) is 0 Å². The summed E-state index contributed by atoms with van der Waals surface area (Å²) in [6.07, 6.45) is -2.12. The maximum absolute atomic E-state index is 11.4. The van der Waals surface area contributed by atoms with Gasteiger partial charge >= 0.3 is 5.97 Å². The van der Waals surface area contributed by atoms with Crippen molar-refractivity contribution in [3.05, 3.63) is 12.7 Å². The van der Waals surface area contributed by atoms with Crippen LogP contribution in [0, 0.1) is 0 Å². The van der Waals surface area contributed by atoms with Crippen LogP contribution in [0.3, 0.4) is 0 Å². The molecule has 0 aliphatic heterocycles. The number of aliphatic hydroxyl groups is 3. The Hall–Kier alpha value is -0.950. The van der Waals surface area contributed by atoms with Crippen LogP contribution in [0.15, 0.2) is 12.7 Å². The van der Waals surface area contributed by atoms with E-state index in [9.17, 15) is 20.1 Å². The summed E-state index contributed by atoms with van der Waals surface area (Å²) in [5.41, 5.74) is -1.82. The van der Waals surface area contributed by atoms with E-state index in [1.165, 1.54) is 6.08 Å². The van der Waals surface area contributed by atoms with Gasteiger partial charge in [0.15, 0.2) is 5.60 Å². The van der Waals surface area contributed by atoms with E-state index in [4.69, 9.17) is 4.74 Å². The van der Waals surface area contributed by atoms with Crippen LogP contribution in [0.4, 0.5) is 0 Å². The zero-order valence-electron chi connectivity index (χ0n) is 9.70. The molecule has 0 aromatic carbocycles. The molecule has 0 spiro atoms. The summed E-state index contributed by atoms with van der Waals surface area (Å²) in [6.45, 7) is 3.61. The second kappa shape index (κ2) is 5.59. The molecule has 1 fully saturated rings. The first-order valence-electron chi connectivity index (χ1n) is 5.34. The second-order valence-electron chi connectivity index (χ2n) is 4.15. The Bertz CT molecular complexity index is 292. The largest absolute Gasteiger partial charge is 0.467 e.